The number of rotatable bonds is 5. The average Bonchev–Trinajstić information content (AvgIpc) is 3.61. The smallest absolute Gasteiger partial charge is 0.225 e. The molecule has 0 spiro atoms. The van der Waals surface area contributed by atoms with Gasteiger partial charge in [0.2, 0.25) is 11.8 Å². The van der Waals surface area contributed by atoms with E-state index in [9.17, 15) is 9.59 Å². The van der Waals surface area contributed by atoms with E-state index in [1.807, 2.05) is 17.0 Å². The van der Waals surface area contributed by atoms with Crippen LogP contribution in [-0.4, -0.2) is 72.9 Å². The van der Waals surface area contributed by atoms with Crippen LogP contribution < -0.4 is 4.74 Å². The van der Waals surface area contributed by atoms with Crippen LogP contribution in [0.25, 0.3) is 0 Å². The van der Waals surface area contributed by atoms with Gasteiger partial charge in [-0.25, -0.2) is 0 Å². The van der Waals surface area contributed by atoms with E-state index in [0.29, 0.717) is 11.8 Å². The third-order valence-electron chi connectivity index (χ3n) is 6.55. The number of hydrogen-bond donors (Lipinski definition) is 0. The van der Waals surface area contributed by atoms with Crippen molar-refractivity contribution in [2.45, 2.75) is 38.6 Å². The van der Waals surface area contributed by atoms with Crippen molar-refractivity contribution in [3.63, 3.8) is 0 Å². The summed E-state index contributed by atoms with van der Waals surface area (Å²) >= 11 is 0. The Morgan fingerprint density at radius 2 is 1.45 bits per heavy atom. The predicted octanol–water partition coefficient (Wildman–Crippen LogP) is 2.38. The molecule has 29 heavy (non-hydrogen) atoms. The van der Waals surface area contributed by atoms with Gasteiger partial charge in [-0.05, 0) is 49.8 Å². The van der Waals surface area contributed by atoms with Crippen LogP contribution in [0.15, 0.2) is 24.3 Å². The highest BCUT2D eigenvalue weighted by Crippen LogP contribution is 2.32. The quantitative estimate of drug-likeness (QED) is 0.763. The lowest BCUT2D eigenvalue weighted by Crippen LogP contribution is -2.45. The van der Waals surface area contributed by atoms with Crippen LogP contribution >= 0.6 is 0 Å². The lowest BCUT2D eigenvalue weighted by atomic mass is 9.95. The largest absolute Gasteiger partial charge is 0.497 e. The van der Waals surface area contributed by atoms with Crippen molar-refractivity contribution in [2.75, 3.05) is 46.4 Å². The van der Waals surface area contributed by atoms with E-state index in [1.54, 1.807) is 7.11 Å². The first-order valence-corrected chi connectivity index (χ1v) is 11.1. The molecule has 2 aliphatic heterocycles. The molecule has 158 valence electrons. The maximum atomic E-state index is 13.1. The molecule has 2 saturated heterocycles. The first kappa shape index (κ1) is 20.2. The van der Waals surface area contributed by atoms with Gasteiger partial charge in [0.05, 0.1) is 7.11 Å². The zero-order valence-electron chi connectivity index (χ0n) is 17.5. The van der Waals surface area contributed by atoms with Crippen molar-refractivity contribution in [1.29, 1.82) is 0 Å². The number of benzene rings is 1. The summed E-state index contributed by atoms with van der Waals surface area (Å²) in [6.07, 6.45) is 4.77. The molecule has 6 nitrogen and oxygen atoms in total. The normalized spacial score (nSPS) is 21.7. The fourth-order valence-corrected chi connectivity index (χ4v) is 4.53. The number of carbonyl (C=O) groups is 2. The van der Waals surface area contributed by atoms with Gasteiger partial charge in [-0.15, -0.1) is 0 Å². The van der Waals surface area contributed by atoms with Gasteiger partial charge in [0.1, 0.15) is 5.75 Å². The molecule has 0 radical (unpaired) electrons. The van der Waals surface area contributed by atoms with Crippen LogP contribution in [0.1, 0.15) is 37.7 Å². The number of ether oxygens (including phenoxy) is 1. The summed E-state index contributed by atoms with van der Waals surface area (Å²) in [5.41, 5.74) is 1.28. The molecule has 1 aliphatic carbocycles. The second-order valence-corrected chi connectivity index (χ2v) is 8.68. The molecule has 2 amide bonds. The van der Waals surface area contributed by atoms with E-state index >= 15 is 0 Å². The summed E-state index contributed by atoms with van der Waals surface area (Å²) in [6.45, 7) is 6.00. The van der Waals surface area contributed by atoms with E-state index in [4.69, 9.17) is 4.74 Å². The summed E-state index contributed by atoms with van der Waals surface area (Å²) in [5.74, 6) is 1.87. The Kier molecular flexibility index (Phi) is 6.38. The SMILES string of the molecule is COc1ccc(CN2CCCN(C(=O)C3CCN(C(=O)C4CC4)CC3)CC2)cc1. The minimum absolute atomic E-state index is 0.0893. The molecule has 0 N–H and O–H groups in total. The van der Waals surface area contributed by atoms with Crippen LogP contribution in [0, 0.1) is 11.8 Å². The summed E-state index contributed by atoms with van der Waals surface area (Å²) < 4.78 is 5.23. The van der Waals surface area contributed by atoms with Gasteiger partial charge in [0.25, 0.3) is 0 Å². The number of piperidine rings is 1. The highest BCUT2D eigenvalue weighted by molar-refractivity contribution is 5.82. The molecule has 4 rings (SSSR count). The third-order valence-corrected chi connectivity index (χ3v) is 6.55. The van der Waals surface area contributed by atoms with Crippen molar-refractivity contribution >= 4 is 11.8 Å². The van der Waals surface area contributed by atoms with Crippen LogP contribution in [-0.2, 0) is 16.1 Å². The van der Waals surface area contributed by atoms with Crippen molar-refractivity contribution in [1.82, 2.24) is 14.7 Å². The Morgan fingerprint density at radius 3 is 2.07 bits per heavy atom. The molecule has 2 heterocycles. The summed E-state index contributed by atoms with van der Waals surface area (Å²) in [7, 11) is 1.68. The standard InChI is InChI=1S/C23H33N3O3/c1-29-21-7-3-18(4-8-21)17-24-11-2-12-25(16-15-24)23(28)20-9-13-26(14-10-20)22(27)19-5-6-19/h3-4,7-8,19-20H,2,5-6,9-17H2,1H3. The molecular weight excluding hydrogens is 366 g/mol. The highest BCUT2D eigenvalue weighted by atomic mass is 16.5. The summed E-state index contributed by atoms with van der Waals surface area (Å²) in [6, 6.07) is 8.24. The van der Waals surface area contributed by atoms with Gasteiger partial charge in [-0.3, -0.25) is 14.5 Å². The molecule has 3 fully saturated rings. The second-order valence-electron chi connectivity index (χ2n) is 8.68. The fraction of sp³-hybridized carbons (Fsp3) is 0.652. The van der Waals surface area contributed by atoms with E-state index in [2.05, 4.69) is 21.9 Å². The monoisotopic (exact) mass is 399 g/mol. The number of likely N-dealkylation sites (tertiary alicyclic amines) is 1. The van der Waals surface area contributed by atoms with Gasteiger partial charge in [-0.1, -0.05) is 12.1 Å². The Morgan fingerprint density at radius 1 is 0.828 bits per heavy atom. The molecule has 0 aromatic heterocycles. The molecule has 1 saturated carbocycles. The van der Waals surface area contributed by atoms with Crippen molar-refractivity contribution in [3.05, 3.63) is 29.8 Å². The van der Waals surface area contributed by atoms with Gasteiger partial charge >= 0.3 is 0 Å². The van der Waals surface area contributed by atoms with Crippen molar-refractivity contribution in [3.8, 4) is 5.75 Å². The highest BCUT2D eigenvalue weighted by Gasteiger charge is 2.36. The number of methoxy groups -OCH3 is 1. The van der Waals surface area contributed by atoms with Crippen LogP contribution in [0.5, 0.6) is 5.75 Å². The third kappa shape index (κ3) is 5.10. The number of carbonyl (C=O) groups excluding carboxylic acids is 2. The van der Waals surface area contributed by atoms with Crippen LogP contribution in [0.3, 0.4) is 0 Å². The maximum absolute atomic E-state index is 13.1. The maximum Gasteiger partial charge on any atom is 0.225 e. The second kappa shape index (κ2) is 9.16. The Hall–Kier alpha value is -2.08. The number of amides is 2. The molecule has 1 aromatic rings. The van der Waals surface area contributed by atoms with Crippen molar-refractivity contribution in [2.24, 2.45) is 11.8 Å². The van der Waals surface area contributed by atoms with Gasteiger partial charge in [0, 0.05) is 57.6 Å². The zero-order chi connectivity index (χ0) is 20.2. The van der Waals surface area contributed by atoms with E-state index < -0.39 is 0 Å². The van der Waals surface area contributed by atoms with Gasteiger partial charge in [-0.2, -0.15) is 0 Å². The van der Waals surface area contributed by atoms with Gasteiger partial charge in [0.15, 0.2) is 0 Å². The molecule has 0 atom stereocenters. The molecule has 3 aliphatic rings. The lowest BCUT2D eigenvalue weighted by molar-refractivity contribution is -0.141. The Labute approximate surface area is 173 Å². The predicted molar refractivity (Wildman–Crippen MR) is 111 cm³/mol. The van der Waals surface area contributed by atoms with E-state index in [1.165, 1.54) is 5.56 Å². The first-order chi connectivity index (χ1) is 14.1. The Bertz CT molecular complexity index is 709. The molecule has 0 unspecified atom stereocenters. The topological polar surface area (TPSA) is 53.1 Å². The summed E-state index contributed by atoms with van der Waals surface area (Å²) in [5, 5.41) is 0. The molecule has 1 aromatic carbocycles. The first-order valence-electron chi connectivity index (χ1n) is 11.1. The van der Waals surface area contributed by atoms with E-state index in [0.717, 1.165) is 83.7 Å². The van der Waals surface area contributed by atoms with Gasteiger partial charge < -0.3 is 14.5 Å². The van der Waals surface area contributed by atoms with Crippen LogP contribution in [0.4, 0.5) is 0 Å². The van der Waals surface area contributed by atoms with E-state index in [-0.39, 0.29) is 11.8 Å². The molecular formula is C23H33N3O3. The molecule has 0 bridgehead atoms. The number of nitrogens with zero attached hydrogens (tertiary/aromatic N) is 3. The number of hydrogen-bond acceptors (Lipinski definition) is 4. The van der Waals surface area contributed by atoms with Crippen LogP contribution in [0.2, 0.25) is 0 Å². The molecule has 6 heteroatoms. The Balaban J connectivity index is 1.24. The average molecular weight is 400 g/mol. The minimum atomic E-state index is 0.0893. The minimum Gasteiger partial charge on any atom is -0.497 e. The van der Waals surface area contributed by atoms with Crippen molar-refractivity contribution < 1.29 is 14.3 Å². The lowest BCUT2D eigenvalue weighted by Gasteiger charge is -2.34. The summed E-state index contributed by atoms with van der Waals surface area (Å²) in [4.78, 5) is 31.8. The zero-order valence-corrected chi connectivity index (χ0v) is 17.5. The fourth-order valence-electron chi connectivity index (χ4n) is 4.53.